The average Bonchev–Trinajstić information content (AvgIpc) is 2.25. The lowest BCUT2D eigenvalue weighted by molar-refractivity contribution is -0.384. The molecule has 88 valence electrons. The molecule has 0 bridgehead atoms. The lowest BCUT2D eigenvalue weighted by Gasteiger charge is -2.17. The van der Waals surface area contributed by atoms with Gasteiger partial charge in [-0.25, -0.2) is 4.98 Å². The Hall–Kier alpha value is -1.89. The molecule has 1 aromatic heterocycles. The van der Waals surface area contributed by atoms with Crippen molar-refractivity contribution in [2.24, 2.45) is 0 Å². The van der Waals surface area contributed by atoms with Crippen molar-refractivity contribution in [2.45, 2.75) is 0 Å². The van der Waals surface area contributed by atoms with Crippen LogP contribution in [0.1, 0.15) is 0 Å². The number of nitro groups is 1. The molecule has 0 amide bonds. The summed E-state index contributed by atoms with van der Waals surface area (Å²) in [5.41, 5.74) is 5.44. The highest BCUT2D eigenvalue weighted by molar-refractivity contribution is 5.60. The maximum atomic E-state index is 10.8. The van der Waals surface area contributed by atoms with E-state index in [0.29, 0.717) is 13.2 Å². The SMILES string of the molecule is COCCN(C)c1nc(N)ccc1[N+](=O)[O-]. The summed E-state index contributed by atoms with van der Waals surface area (Å²) >= 11 is 0. The monoisotopic (exact) mass is 226 g/mol. The predicted molar refractivity (Wildman–Crippen MR) is 60.4 cm³/mol. The number of hydrogen-bond acceptors (Lipinski definition) is 6. The molecule has 0 aromatic carbocycles. The Bertz CT molecular complexity index is 383. The molecular formula is C9H14N4O3. The van der Waals surface area contributed by atoms with Gasteiger partial charge in [-0.15, -0.1) is 0 Å². The van der Waals surface area contributed by atoms with Crippen molar-refractivity contribution in [2.75, 3.05) is 37.9 Å². The lowest BCUT2D eigenvalue weighted by Crippen LogP contribution is -2.24. The van der Waals surface area contributed by atoms with E-state index in [1.54, 1.807) is 19.1 Å². The van der Waals surface area contributed by atoms with E-state index in [9.17, 15) is 10.1 Å². The first-order valence-electron chi connectivity index (χ1n) is 4.67. The molecule has 0 saturated carbocycles. The molecule has 1 heterocycles. The fourth-order valence-corrected chi connectivity index (χ4v) is 1.21. The molecule has 0 atom stereocenters. The highest BCUT2D eigenvalue weighted by Gasteiger charge is 2.18. The summed E-state index contributed by atoms with van der Waals surface area (Å²) in [5.74, 6) is 0.506. The summed E-state index contributed by atoms with van der Waals surface area (Å²) in [6, 6.07) is 2.76. The second-order valence-corrected chi connectivity index (χ2v) is 3.25. The highest BCUT2D eigenvalue weighted by Crippen LogP contribution is 2.25. The van der Waals surface area contributed by atoms with Crippen molar-refractivity contribution in [3.05, 3.63) is 22.2 Å². The number of nitrogen functional groups attached to an aromatic ring is 1. The van der Waals surface area contributed by atoms with Crippen LogP contribution in [-0.4, -0.2) is 37.2 Å². The fourth-order valence-electron chi connectivity index (χ4n) is 1.21. The van der Waals surface area contributed by atoms with Crippen molar-refractivity contribution in [3.8, 4) is 0 Å². The van der Waals surface area contributed by atoms with Crippen molar-refractivity contribution in [1.82, 2.24) is 4.98 Å². The summed E-state index contributed by atoms with van der Waals surface area (Å²) in [6.07, 6.45) is 0. The first-order chi connectivity index (χ1) is 7.56. The number of ether oxygens (including phenoxy) is 1. The molecule has 0 saturated heterocycles. The Kier molecular flexibility index (Phi) is 4.01. The van der Waals surface area contributed by atoms with E-state index in [2.05, 4.69) is 4.98 Å². The van der Waals surface area contributed by atoms with Crippen LogP contribution in [0.25, 0.3) is 0 Å². The second-order valence-electron chi connectivity index (χ2n) is 3.25. The second kappa shape index (κ2) is 5.26. The number of anilines is 2. The summed E-state index contributed by atoms with van der Waals surface area (Å²) in [5, 5.41) is 10.8. The van der Waals surface area contributed by atoms with E-state index in [1.165, 1.54) is 12.1 Å². The van der Waals surface area contributed by atoms with Crippen molar-refractivity contribution >= 4 is 17.3 Å². The summed E-state index contributed by atoms with van der Waals surface area (Å²) in [6.45, 7) is 0.970. The van der Waals surface area contributed by atoms with Crippen LogP contribution in [0.3, 0.4) is 0 Å². The first-order valence-corrected chi connectivity index (χ1v) is 4.67. The molecular weight excluding hydrogens is 212 g/mol. The minimum Gasteiger partial charge on any atom is -0.384 e. The van der Waals surface area contributed by atoms with E-state index in [0.717, 1.165) is 0 Å². The number of rotatable bonds is 5. The zero-order valence-electron chi connectivity index (χ0n) is 9.21. The largest absolute Gasteiger partial charge is 0.384 e. The molecule has 7 heteroatoms. The molecule has 0 aliphatic heterocycles. The van der Waals surface area contributed by atoms with Gasteiger partial charge in [-0.2, -0.15) is 0 Å². The van der Waals surface area contributed by atoms with Gasteiger partial charge >= 0.3 is 5.69 Å². The Labute approximate surface area is 93.0 Å². The molecule has 1 aromatic rings. The average molecular weight is 226 g/mol. The summed E-state index contributed by atoms with van der Waals surface area (Å²) < 4.78 is 4.89. The minimum absolute atomic E-state index is 0.0622. The van der Waals surface area contributed by atoms with Gasteiger partial charge in [-0.3, -0.25) is 10.1 Å². The number of hydrogen-bond donors (Lipinski definition) is 1. The molecule has 0 unspecified atom stereocenters. The van der Waals surface area contributed by atoms with Crippen LogP contribution >= 0.6 is 0 Å². The number of pyridine rings is 1. The lowest BCUT2D eigenvalue weighted by atomic mass is 10.3. The zero-order valence-corrected chi connectivity index (χ0v) is 9.21. The van der Waals surface area contributed by atoms with Crippen LogP contribution in [0, 0.1) is 10.1 Å². The molecule has 0 spiro atoms. The third kappa shape index (κ3) is 2.80. The Morgan fingerprint density at radius 2 is 2.31 bits per heavy atom. The van der Waals surface area contributed by atoms with Crippen LogP contribution < -0.4 is 10.6 Å². The summed E-state index contributed by atoms with van der Waals surface area (Å²) in [7, 11) is 3.27. The highest BCUT2D eigenvalue weighted by atomic mass is 16.6. The molecule has 0 aliphatic carbocycles. The van der Waals surface area contributed by atoms with E-state index in [-0.39, 0.29) is 17.3 Å². The van der Waals surface area contributed by atoms with Crippen molar-refractivity contribution in [3.63, 3.8) is 0 Å². The minimum atomic E-state index is -0.481. The van der Waals surface area contributed by atoms with Gasteiger partial charge in [0.25, 0.3) is 0 Å². The van der Waals surface area contributed by atoms with E-state index in [1.807, 2.05) is 0 Å². The van der Waals surface area contributed by atoms with Gasteiger partial charge in [-0.05, 0) is 6.07 Å². The Morgan fingerprint density at radius 3 is 2.88 bits per heavy atom. The van der Waals surface area contributed by atoms with Gasteiger partial charge in [0.15, 0.2) is 0 Å². The van der Waals surface area contributed by atoms with Crippen LogP contribution in [0.15, 0.2) is 12.1 Å². The predicted octanol–water partition coefficient (Wildman–Crippen LogP) is 0.655. The Balaban J connectivity index is 2.99. The van der Waals surface area contributed by atoms with Crippen LogP contribution in [0.5, 0.6) is 0 Å². The molecule has 0 aliphatic rings. The topological polar surface area (TPSA) is 94.5 Å². The fraction of sp³-hybridized carbons (Fsp3) is 0.444. The molecule has 16 heavy (non-hydrogen) atoms. The third-order valence-electron chi connectivity index (χ3n) is 2.07. The van der Waals surface area contributed by atoms with E-state index >= 15 is 0 Å². The standard InChI is InChI=1S/C9H14N4O3/c1-12(5-6-16-2)9-7(13(14)15)3-4-8(10)11-9/h3-4H,5-6H2,1-2H3,(H2,10,11). The van der Waals surface area contributed by atoms with Gasteiger partial charge in [-0.1, -0.05) is 0 Å². The quantitative estimate of drug-likeness (QED) is 0.585. The van der Waals surface area contributed by atoms with E-state index < -0.39 is 4.92 Å². The molecule has 1 rings (SSSR count). The number of aromatic nitrogens is 1. The van der Waals surface area contributed by atoms with Gasteiger partial charge < -0.3 is 15.4 Å². The maximum Gasteiger partial charge on any atom is 0.311 e. The number of nitrogens with zero attached hydrogens (tertiary/aromatic N) is 3. The summed E-state index contributed by atoms with van der Waals surface area (Å²) in [4.78, 5) is 15.9. The van der Waals surface area contributed by atoms with Crippen LogP contribution in [0.2, 0.25) is 0 Å². The third-order valence-corrected chi connectivity index (χ3v) is 2.07. The Morgan fingerprint density at radius 1 is 1.62 bits per heavy atom. The zero-order chi connectivity index (χ0) is 12.1. The van der Waals surface area contributed by atoms with Crippen LogP contribution in [-0.2, 0) is 4.74 Å². The van der Waals surface area contributed by atoms with Crippen LogP contribution in [0.4, 0.5) is 17.3 Å². The number of methoxy groups -OCH3 is 1. The van der Waals surface area contributed by atoms with Crippen molar-refractivity contribution in [1.29, 1.82) is 0 Å². The van der Waals surface area contributed by atoms with Gasteiger partial charge in [0, 0.05) is 26.8 Å². The smallest absolute Gasteiger partial charge is 0.311 e. The molecule has 7 nitrogen and oxygen atoms in total. The first kappa shape index (κ1) is 12.2. The van der Waals surface area contributed by atoms with Crippen molar-refractivity contribution < 1.29 is 9.66 Å². The number of likely N-dealkylation sites (N-methyl/N-ethyl adjacent to an activating group) is 1. The van der Waals surface area contributed by atoms with Gasteiger partial charge in [0.05, 0.1) is 11.5 Å². The normalized spacial score (nSPS) is 10.1. The molecule has 2 N–H and O–H groups in total. The maximum absolute atomic E-state index is 10.8. The molecule has 0 fully saturated rings. The van der Waals surface area contributed by atoms with Gasteiger partial charge in [0.1, 0.15) is 5.82 Å². The number of nitrogens with two attached hydrogens (primary N) is 1. The molecule has 0 radical (unpaired) electrons. The van der Waals surface area contributed by atoms with Gasteiger partial charge in [0.2, 0.25) is 5.82 Å². The van der Waals surface area contributed by atoms with E-state index in [4.69, 9.17) is 10.5 Å².